The minimum Gasteiger partial charge on any atom is -0.469 e. The van der Waals surface area contributed by atoms with Crippen molar-refractivity contribution in [2.45, 2.75) is 135 Å². The standard InChI is InChI=1S/C26H50O4Si/c1-6-7-8-9-10-11-12-13-14-15-16-17-18-19-21-26(30-31(3,4)5)22-20-23(27)24(26)25(28)29-2/h20,22-24,27H,6-19,21H2,1-5H3/t23-,24-,26-/m0/s1. The fourth-order valence-electron chi connectivity index (χ4n) is 4.78. The summed E-state index contributed by atoms with van der Waals surface area (Å²) in [4.78, 5) is 12.4. The molecule has 0 saturated heterocycles. The van der Waals surface area contributed by atoms with Crippen LogP contribution in [0, 0.1) is 5.92 Å². The van der Waals surface area contributed by atoms with E-state index in [1.54, 1.807) is 6.08 Å². The first-order valence-electron chi connectivity index (χ1n) is 12.9. The lowest BCUT2D eigenvalue weighted by atomic mass is 9.84. The van der Waals surface area contributed by atoms with E-state index in [1.165, 1.54) is 84.2 Å². The summed E-state index contributed by atoms with van der Waals surface area (Å²) in [7, 11) is -0.514. The van der Waals surface area contributed by atoms with Crippen molar-refractivity contribution in [3.8, 4) is 0 Å². The van der Waals surface area contributed by atoms with Crippen LogP contribution in [0.1, 0.15) is 103 Å². The van der Waals surface area contributed by atoms with Crippen molar-refractivity contribution in [3.05, 3.63) is 12.2 Å². The van der Waals surface area contributed by atoms with Gasteiger partial charge in [0.1, 0.15) is 5.92 Å². The normalized spacial score (nSPS) is 23.4. The van der Waals surface area contributed by atoms with Crippen LogP contribution in [0.25, 0.3) is 0 Å². The van der Waals surface area contributed by atoms with Gasteiger partial charge in [-0.15, -0.1) is 0 Å². The smallest absolute Gasteiger partial charge is 0.314 e. The molecule has 3 atom stereocenters. The van der Waals surface area contributed by atoms with Crippen LogP contribution in [0.15, 0.2) is 12.2 Å². The first-order valence-corrected chi connectivity index (χ1v) is 16.3. The number of methoxy groups -OCH3 is 1. The second-order valence-corrected chi connectivity index (χ2v) is 14.8. The van der Waals surface area contributed by atoms with Gasteiger partial charge in [0, 0.05) is 0 Å². The van der Waals surface area contributed by atoms with E-state index in [-0.39, 0.29) is 5.97 Å². The van der Waals surface area contributed by atoms with Gasteiger partial charge in [0.2, 0.25) is 0 Å². The maximum atomic E-state index is 12.4. The highest BCUT2D eigenvalue weighted by Gasteiger charge is 2.51. The second kappa shape index (κ2) is 15.2. The Morgan fingerprint density at radius 3 is 1.74 bits per heavy atom. The molecule has 182 valence electrons. The Morgan fingerprint density at radius 1 is 0.871 bits per heavy atom. The lowest BCUT2D eigenvalue weighted by Crippen LogP contribution is -2.50. The van der Waals surface area contributed by atoms with Gasteiger partial charge in [-0.2, -0.15) is 0 Å². The molecule has 31 heavy (non-hydrogen) atoms. The van der Waals surface area contributed by atoms with Crippen LogP contribution >= 0.6 is 0 Å². The van der Waals surface area contributed by atoms with Crippen molar-refractivity contribution in [1.29, 1.82) is 0 Å². The van der Waals surface area contributed by atoms with Crippen LogP contribution in [-0.2, 0) is 14.0 Å². The van der Waals surface area contributed by atoms with Crippen LogP contribution in [-0.4, -0.2) is 38.2 Å². The molecule has 0 amide bonds. The molecule has 0 bridgehead atoms. The summed E-state index contributed by atoms with van der Waals surface area (Å²) in [5, 5.41) is 10.4. The quantitative estimate of drug-likeness (QED) is 0.103. The number of carbonyl (C=O) groups excluding carboxylic acids is 1. The van der Waals surface area contributed by atoms with E-state index in [0.29, 0.717) is 0 Å². The molecule has 1 N–H and O–H groups in total. The van der Waals surface area contributed by atoms with Crippen molar-refractivity contribution in [1.82, 2.24) is 0 Å². The zero-order valence-corrected chi connectivity index (χ0v) is 22.1. The number of esters is 1. The highest BCUT2D eigenvalue weighted by Crippen LogP contribution is 2.40. The van der Waals surface area contributed by atoms with Crippen LogP contribution < -0.4 is 0 Å². The van der Waals surface area contributed by atoms with E-state index in [1.807, 2.05) is 6.08 Å². The third kappa shape index (κ3) is 11.2. The monoisotopic (exact) mass is 454 g/mol. The summed E-state index contributed by atoms with van der Waals surface area (Å²) in [5.74, 6) is -1.02. The van der Waals surface area contributed by atoms with Gasteiger partial charge >= 0.3 is 5.97 Å². The number of hydrogen-bond acceptors (Lipinski definition) is 4. The van der Waals surface area contributed by atoms with Gasteiger partial charge < -0.3 is 14.3 Å². The molecule has 0 radical (unpaired) electrons. The average Bonchev–Trinajstić information content (AvgIpc) is 3.02. The number of aliphatic hydroxyl groups excluding tert-OH is 1. The number of aliphatic hydroxyl groups is 1. The SMILES string of the molecule is CCCCCCCCCCCCCCCC[C@]1(O[Si](C)(C)C)C=C[C@H](O)[C@H]1C(=O)OC. The number of hydrogen-bond donors (Lipinski definition) is 1. The van der Waals surface area contributed by atoms with Crippen molar-refractivity contribution in [2.75, 3.05) is 7.11 Å². The Bertz CT molecular complexity index is 514. The van der Waals surface area contributed by atoms with Crippen molar-refractivity contribution < 1.29 is 19.1 Å². The largest absolute Gasteiger partial charge is 0.469 e. The first-order chi connectivity index (χ1) is 14.8. The number of unbranched alkanes of at least 4 members (excludes halogenated alkanes) is 13. The first kappa shape index (κ1) is 28.4. The van der Waals surface area contributed by atoms with Crippen molar-refractivity contribution in [2.24, 2.45) is 5.92 Å². The van der Waals surface area contributed by atoms with E-state index in [4.69, 9.17) is 9.16 Å². The molecule has 0 spiro atoms. The van der Waals surface area contributed by atoms with Crippen LogP contribution in [0.4, 0.5) is 0 Å². The Balaban J connectivity index is 2.25. The lowest BCUT2D eigenvalue weighted by Gasteiger charge is -2.39. The second-order valence-electron chi connectivity index (χ2n) is 10.4. The molecular weight excluding hydrogens is 404 g/mol. The third-order valence-corrected chi connectivity index (χ3v) is 7.31. The topological polar surface area (TPSA) is 55.8 Å². The predicted octanol–water partition coefficient (Wildman–Crippen LogP) is 7.17. The molecule has 0 heterocycles. The molecule has 0 aliphatic heterocycles. The summed E-state index contributed by atoms with van der Waals surface area (Å²) in [6, 6.07) is 0. The number of ether oxygens (including phenoxy) is 1. The predicted molar refractivity (Wildman–Crippen MR) is 133 cm³/mol. The van der Waals surface area contributed by atoms with E-state index in [2.05, 4.69) is 26.6 Å². The average molecular weight is 455 g/mol. The molecule has 0 saturated carbocycles. The molecular formula is C26H50O4Si. The summed E-state index contributed by atoms with van der Waals surface area (Å²) in [5.41, 5.74) is -0.714. The Kier molecular flexibility index (Phi) is 13.9. The zero-order valence-electron chi connectivity index (χ0n) is 21.1. The van der Waals surface area contributed by atoms with Crippen LogP contribution in [0.2, 0.25) is 19.6 Å². The van der Waals surface area contributed by atoms with Gasteiger partial charge in [-0.1, -0.05) is 109 Å². The lowest BCUT2D eigenvalue weighted by molar-refractivity contribution is -0.156. The molecule has 5 heteroatoms. The van der Waals surface area contributed by atoms with E-state index in [0.717, 1.165) is 19.3 Å². The van der Waals surface area contributed by atoms with E-state index >= 15 is 0 Å². The minimum absolute atomic E-state index is 0.374. The Hall–Kier alpha value is -0.653. The number of carbonyl (C=O) groups is 1. The summed E-state index contributed by atoms with van der Waals surface area (Å²) in [6.07, 6.45) is 22.1. The summed E-state index contributed by atoms with van der Waals surface area (Å²) < 4.78 is 11.5. The molecule has 0 unspecified atom stereocenters. The molecule has 0 aromatic rings. The molecule has 0 fully saturated rings. The molecule has 4 nitrogen and oxygen atoms in total. The van der Waals surface area contributed by atoms with Gasteiger partial charge in [0.25, 0.3) is 0 Å². The van der Waals surface area contributed by atoms with E-state index < -0.39 is 25.9 Å². The maximum absolute atomic E-state index is 12.4. The number of rotatable bonds is 18. The fraction of sp³-hybridized carbons (Fsp3) is 0.885. The van der Waals surface area contributed by atoms with Gasteiger partial charge in [0.05, 0.1) is 18.8 Å². The maximum Gasteiger partial charge on any atom is 0.314 e. The van der Waals surface area contributed by atoms with Crippen molar-refractivity contribution >= 4 is 14.3 Å². The van der Waals surface area contributed by atoms with Gasteiger partial charge in [0.15, 0.2) is 8.32 Å². The van der Waals surface area contributed by atoms with Gasteiger partial charge in [-0.25, -0.2) is 0 Å². The van der Waals surface area contributed by atoms with Gasteiger partial charge in [-0.3, -0.25) is 4.79 Å². The highest BCUT2D eigenvalue weighted by molar-refractivity contribution is 6.69. The molecule has 1 aliphatic carbocycles. The van der Waals surface area contributed by atoms with Crippen LogP contribution in [0.5, 0.6) is 0 Å². The summed E-state index contributed by atoms with van der Waals surface area (Å²) in [6.45, 7) is 8.67. The van der Waals surface area contributed by atoms with Crippen molar-refractivity contribution in [3.63, 3.8) is 0 Å². The van der Waals surface area contributed by atoms with E-state index in [9.17, 15) is 9.90 Å². The highest BCUT2D eigenvalue weighted by atomic mass is 28.4. The van der Waals surface area contributed by atoms with Crippen LogP contribution in [0.3, 0.4) is 0 Å². The summed E-state index contributed by atoms with van der Waals surface area (Å²) >= 11 is 0. The molecule has 1 aliphatic rings. The molecule has 0 aromatic carbocycles. The zero-order chi connectivity index (χ0) is 23.2. The molecule has 1 rings (SSSR count). The minimum atomic E-state index is -1.90. The fourth-order valence-corrected chi connectivity index (χ4v) is 6.22. The Labute approximate surface area is 193 Å². The third-order valence-electron chi connectivity index (χ3n) is 6.32. The van der Waals surface area contributed by atoms with Gasteiger partial charge in [-0.05, 0) is 26.1 Å². The Morgan fingerprint density at radius 2 is 1.32 bits per heavy atom. The molecule has 0 aromatic heterocycles.